The smallest absolute Gasteiger partial charge is 0.108 e. The van der Waals surface area contributed by atoms with E-state index in [1.54, 1.807) is 0 Å². The number of unbranched alkanes of at least 4 members (excludes halogenated alkanes) is 7. The fourth-order valence-electron chi connectivity index (χ4n) is 6.90. The lowest BCUT2D eigenvalue weighted by Crippen LogP contribution is -2.50. The van der Waals surface area contributed by atoms with E-state index in [0.717, 1.165) is 32.4 Å². The molecule has 0 aromatic heterocycles. The van der Waals surface area contributed by atoms with Crippen molar-refractivity contribution in [1.29, 1.82) is 0 Å². The Kier molecular flexibility index (Phi) is 16.7. The first-order chi connectivity index (χ1) is 20.6. The molecule has 2 aromatic carbocycles. The Morgan fingerprint density at radius 1 is 0.568 bits per heavy atom. The Morgan fingerprint density at radius 2 is 0.909 bits per heavy atom. The third kappa shape index (κ3) is 12.2. The average Bonchev–Trinajstić information content (AvgIpc) is 3.69. The SMILES string of the molecule is CCCCCCC[N+](C)(C)C1CCN(c2ccc(N)cc2)C1.CCCCCC[N+](C)(C)C1CCN(c2ccc(N)cc2)C1.I. The number of nitrogens with zero attached hydrogens (tertiary/aromatic N) is 4. The van der Waals surface area contributed by atoms with Crippen LogP contribution in [0.3, 0.4) is 0 Å². The van der Waals surface area contributed by atoms with Gasteiger partial charge in [-0.3, -0.25) is 0 Å². The van der Waals surface area contributed by atoms with Gasteiger partial charge in [-0.25, -0.2) is 0 Å². The maximum Gasteiger partial charge on any atom is 0.108 e. The molecule has 0 bridgehead atoms. The van der Waals surface area contributed by atoms with Gasteiger partial charge in [-0.05, 0) is 74.2 Å². The molecule has 2 fully saturated rings. The molecule has 7 heteroatoms. The second kappa shape index (κ2) is 19.1. The summed E-state index contributed by atoms with van der Waals surface area (Å²) in [5.41, 5.74) is 15.9. The number of nitrogens with two attached hydrogens (primary N) is 2. The van der Waals surface area contributed by atoms with Gasteiger partial charge >= 0.3 is 0 Å². The monoisotopic (exact) mass is 722 g/mol. The Morgan fingerprint density at radius 3 is 1.27 bits per heavy atom. The summed E-state index contributed by atoms with van der Waals surface area (Å²) in [6.07, 6.45) is 14.9. The van der Waals surface area contributed by atoms with E-state index in [9.17, 15) is 0 Å². The lowest BCUT2D eigenvalue weighted by Gasteiger charge is -2.36. The minimum atomic E-state index is 0. The molecule has 2 aliphatic heterocycles. The highest BCUT2D eigenvalue weighted by Gasteiger charge is 2.35. The van der Waals surface area contributed by atoms with Crippen molar-refractivity contribution >= 4 is 46.7 Å². The van der Waals surface area contributed by atoms with Gasteiger partial charge in [0.1, 0.15) is 12.1 Å². The summed E-state index contributed by atoms with van der Waals surface area (Å²) in [6.45, 7) is 11.9. The van der Waals surface area contributed by atoms with Gasteiger partial charge in [-0.15, -0.1) is 24.0 Å². The molecular formula is C37H67IN6+2. The molecule has 2 aliphatic rings. The molecule has 0 saturated carbocycles. The van der Waals surface area contributed by atoms with Gasteiger partial charge in [-0.1, -0.05) is 46.0 Å². The molecule has 4 N–H and O–H groups in total. The Balaban J connectivity index is 0.000000300. The maximum absolute atomic E-state index is 5.79. The predicted molar refractivity (Wildman–Crippen MR) is 205 cm³/mol. The summed E-state index contributed by atoms with van der Waals surface area (Å²) < 4.78 is 2.33. The van der Waals surface area contributed by atoms with Crippen LogP contribution in [0.15, 0.2) is 48.5 Å². The van der Waals surface area contributed by atoms with Crippen LogP contribution in [0, 0.1) is 0 Å². The molecule has 6 nitrogen and oxygen atoms in total. The summed E-state index contributed by atoms with van der Waals surface area (Å²) >= 11 is 0. The van der Waals surface area contributed by atoms with Crippen molar-refractivity contribution in [2.45, 2.75) is 96.6 Å². The highest BCUT2D eigenvalue weighted by atomic mass is 127. The summed E-state index contributed by atoms with van der Waals surface area (Å²) in [5.74, 6) is 0. The van der Waals surface area contributed by atoms with Crippen LogP contribution in [0.5, 0.6) is 0 Å². The molecule has 2 aromatic rings. The molecule has 2 atom stereocenters. The normalized spacial score (nSPS) is 18.6. The number of anilines is 4. The van der Waals surface area contributed by atoms with Crippen LogP contribution < -0.4 is 21.3 Å². The lowest BCUT2D eigenvalue weighted by atomic mass is 10.1. The van der Waals surface area contributed by atoms with Crippen molar-refractivity contribution in [3.05, 3.63) is 48.5 Å². The van der Waals surface area contributed by atoms with E-state index in [1.165, 1.54) is 121 Å². The van der Waals surface area contributed by atoms with Crippen molar-refractivity contribution in [3.8, 4) is 0 Å². The van der Waals surface area contributed by atoms with Crippen LogP contribution in [0.1, 0.15) is 84.5 Å². The maximum atomic E-state index is 5.79. The number of rotatable bonds is 15. The molecular weight excluding hydrogens is 655 g/mol. The van der Waals surface area contributed by atoms with E-state index >= 15 is 0 Å². The van der Waals surface area contributed by atoms with Gasteiger partial charge in [0.15, 0.2) is 0 Å². The van der Waals surface area contributed by atoms with Gasteiger partial charge in [-0.2, -0.15) is 0 Å². The first kappa shape index (κ1) is 38.5. The lowest BCUT2D eigenvalue weighted by molar-refractivity contribution is -0.912. The third-order valence-electron chi connectivity index (χ3n) is 10.2. The first-order valence-electron chi connectivity index (χ1n) is 17.4. The highest BCUT2D eigenvalue weighted by molar-refractivity contribution is 14.0. The molecule has 2 heterocycles. The molecule has 0 radical (unpaired) electrons. The third-order valence-corrected chi connectivity index (χ3v) is 10.2. The van der Waals surface area contributed by atoms with Gasteiger partial charge in [0.05, 0.1) is 54.4 Å². The molecule has 0 amide bonds. The van der Waals surface area contributed by atoms with Crippen LogP contribution in [-0.4, -0.2) is 88.5 Å². The number of halogens is 1. The molecule has 2 unspecified atom stereocenters. The van der Waals surface area contributed by atoms with E-state index in [0.29, 0.717) is 0 Å². The molecule has 0 aliphatic carbocycles. The van der Waals surface area contributed by atoms with Crippen LogP contribution in [0.25, 0.3) is 0 Å². The van der Waals surface area contributed by atoms with Crippen molar-refractivity contribution in [3.63, 3.8) is 0 Å². The van der Waals surface area contributed by atoms with Crippen molar-refractivity contribution in [2.24, 2.45) is 0 Å². The van der Waals surface area contributed by atoms with E-state index in [4.69, 9.17) is 11.5 Å². The van der Waals surface area contributed by atoms with Gasteiger partial charge in [0, 0.05) is 48.7 Å². The first-order valence-corrected chi connectivity index (χ1v) is 17.4. The molecule has 2 saturated heterocycles. The van der Waals surface area contributed by atoms with Crippen LogP contribution in [-0.2, 0) is 0 Å². The zero-order valence-corrected chi connectivity index (χ0v) is 31.5. The quantitative estimate of drug-likeness (QED) is 0.0847. The summed E-state index contributed by atoms with van der Waals surface area (Å²) in [4.78, 5) is 5.03. The molecule has 44 heavy (non-hydrogen) atoms. The fraction of sp³-hybridized carbons (Fsp3) is 0.676. The van der Waals surface area contributed by atoms with Crippen molar-refractivity contribution < 1.29 is 8.97 Å². The zero-order chi connectivity index (χ0) is 31.3. The van der Waals surface area contributed by atoms with Crippen LogP contribution in [0.4, 0.5) is 22.7 Å². The van der Waals surface area contributed by atoms with Crippen LogP contribution >= 0.6 is 24.0 Å². The number of likely N-dealkylation sites (N-methyl/N-ethyl adjacent to an activating group) is 2. The number of benzene rings is 2. The summed E-state index contributed by atoms with van der Waals surface area (Å²) in [6, 6.07) is 18.2. The minimum absolute atomic E-state index is 0. The Bertz CT molecular complexity index is 1040. The van der Waals surface area contributed by atoms with E-state index < -0.39 is 0 Å². The zero-order valence-electron chi connectivity index (χ0n) is 29.1. The minimum Gasteiger partial charge on any atom is -0.399 e. The second-order valence-electron chi connectivity index (χ2n) is 14.4. The molecule has 4 rings (SSSR count). The van der Waals surface area contributed by atoms with Crippen molar-refractivity contribution in [2.75, 3.05) is 88.7 Å². The summed E-state index contributed by atoms with van der Waals surface area (Å²) in [5, 5.41) is 0. The van der Waals surface area contributed by atoms with Crippen LogP contribution in [0.2, 0.25) is 0 Å². The number of quaternary nitrogens is 2. The van der Waals surface area contributed by atoms with E-state index in [1.807, 2.05) is 24.3 Å². The fourth-order valence-corrected chi connectivity index (χ4v) is 6.90. The van der Waals surface area contributed by atoms with E-state index in [-0.39, 0.29) is 24.0 Å². The Labute approximate surface area is 288 Å². The predicted octanol–water partition coefficient (Wildman–Crippen LogP) is 8.02. The second-order valence-corrected chi connectivity index (χ2v) is 14.4. The topological polar surface area (TPSA) is 58.5 Å². The number of nitrogen functional groups attached to an aromatic ring is 2. The molecule has 0 spiro atoms. The van der Waals surface area contributed by atoms with Gasteiger partial charge in [0.25, 0.3) is 0 Å². The number of hydrogen-bond acceptors (Lipinski definition) is 4. The van der Waals surface area contributed by atoms with Crippen molar-refractivity contribution in [1.82, 2.24) is 0 Å². The standard InChI is InChI=1S/C19H34N3.C18H32N3.HI/c1-4-5-6-7-8-15-22(2,3)19-13-14-21(16-19)18-11-9-17(20)10-12-18;1-4-5-6-7-14-21(2,3)18-12-13-20(15-18)17-10-8-16(19)9-11-17;/h9-12,19H,4-8,13-16,20H2,1-3H3;8-11,18H,4-7,12-15,19H2,1-3H3;1H/q2*+1;. The largest absolute Gasteiger partial charge is 0.399 e. The highest BCUT2D eigenvalue weighted by Crippen LogP contribution is 2.28. The number of hydrogen-bond donors (Lipinski definition) is 2. The van der Waals surface area contributed by atoms with E-state index in [2.05, 4.69) is 76.1 Å². The van der Waals surface area contributed by atoms with Gasteiger partial charge < -0.3 is 30.2 Å². The van der Waals surface area contributed by atoms with Gasteiger partial charge in [0.2, 0.25) is 0 Å². The molecule has 250 valence electrons. The average molecular weight is 723 g/mol. The summed E-state index contributed by atoms with van der Waals surface area (Å²) in [7, 11) is 9.64. The Hall–Kier alpha value is -1.71.